The molecule has 0 aliphatic heterocycles. The van der Waals surface area contributed by atoms with Crippen molar-refractivity contribution in [2.24, 2.45) is 0 Å². The van der Waals surface area contributed by atoms with Gasteiger partial charge in [-0.1, -0.05) is 30.3 Å². The van der Waals surface area contributed by atoms with Crippen LogP contribution in [0, 0.1) is 11.6 Å². The van der Waals surface area contributed by atoms with Crippen LogP contribution in [0.15, 0.2) is 103 Å². The van der Waals surface area contributed by atoms with E-state index >= 15 is 0 Å². The molecular weight excluding hydrogens is 604 g/mol. The molecule has 10 nitrogen and oxygen atoms in total. The molecule has 3 aromatic carbocycles. The van der Waals surface area contributed by atoms with Gasteiger partial charge in [0.15, 0.2) is 11.6 Å². The van der Waals surface area contributed by atoms with E-state index in [0.29, 0.717) is 41.0 Å². The summed E-state index contributed by atoms with van der Waals surface area (Å²) in [7, 11) is 3.98. The summed E-state index contributed by atoms with van der Waals surface area (Å²) in [6.07, 6.45) is 3.47. The van der Waals surface area contributed by atoms with Crippen molar-refractivity contribution in [1.82, 2.24) is 24.3 Å². The fourth-order valence-electron chi connectivity index (χ4n) is 4.72. The molecule has 0 spiro atoms. The van der Waals surface area contributed by atoms with Gasteiger partial charge in [-0.3, -0.25) is 9.20 Å². The summed E-state index contributed by atoms with van der Waals surface area (Å²) in [5.74, 6) is -1.22. The number of pyridine rings is 1. The van der Waals surface area contributed by atoms with Gasteiger partial charge >= 0.3 is 0 Å². The van der Waals surface area contributed by atoms with E-state index in [2.05, 4.69) is 25.5 Å². The highest BCUT2D eigenvalue weighted by molar-refractivity contribution is 6.05. The molecule has 47 heavy (non-hydrogen) atoms. The van der Waals surface area contributed by atoms with Crippen molar-refractivity contribution in [2.75, 3.05) is 37.9 Å². The summed E-state index contributed by atoms with van der Waals surface area (Å²) in [6, 6.07) is 25.2. The maximum atomic E-state index is 14.2. The van der Waals surface area contributed by atoms with Crippen LogP contribution in [0.2, 0.25) is 0 Å². The zero-order valence-electron chi connectivity index (χ0n) is 25.7. The SMILES string of the molecule is CN(C)CCOc1cccc(Nc2nccc(COc3c(-c4cccc(C(=O)Nc5cccc(F)c5F)c4)nc4ccccn34)n2)c1. The van der Waals surface area contributed by atoms with E-state index < -0.39 is 17.5 Å². The number of likely N-dealkylation sites (N-methyl/N-ethyl adjacent to an activating group) is 1. The molecule has 0 saturated carbocycles. The Morgan fingerprint density at radius 2 is 1.77 bits per heavy atom. The number of benzene rings is 3. The monoisotopic (exact) mass is 635 g/mol. The minimum absolute atomic E-state index is 0.0968. The molecule has 0 unspecified atom stereocenters. The molecule has 0 aliphatic carbocycles. The number of nitrogens with zero attached hydrogens (tertiary/aromatic N) is 5. The van der Waals surface area contributed by atoms with Crippen LogP contribution in [0.25, 0.3) is 16.9 Å². The first-order valence-electron chi connectivity index (χ1n) is 14.8. The highest BCUT2D eigenvalue weighted by Crippen LogP contribution is 2.32. The number of imidazole rings is 1. The van der Waals surface area contributed by atoms with Gasteiger partial charge in [0.25, 0.3) is 5.91 Å². The number of aromatic nitrogens is 4. The predicted molar refractivity (Wildman–Crippen MR) is 175 cm³/mol. The molecule has 0 fully saturated rings. The summed E-state index contributed by atoms with van der Waals surface area (Å²) >= 11 is 0. The van der Waals surface area contributed by atoms with Gasteiger partial charge in [-0.05, 0) is 68.7 Å². The minimum Gasteiger partial charge on any atom is -0.492 e. The normalized spacial score (nSPS) is 11.1. The third kappa shape index (κ3) is 7.51. The highest BCUT2D eigenvalue weighted by Gasteiger charge is 2.19. The molecule has 0 atom stereocenters. The van der Waals surface area contributed by atoms with E-state index in [0.717, 1.165) is 24.0 Å². The van der Waals surface area contributed by atoms with Crippen molar-refractivity contribution >= 4 is 28.9 Å². The summed E-state index contributed by atoms with van der Waals surface area (Å²) in [5.41, 5.74) is 3.08. The lowest BCUT2D eigenvalue weighted by Crippen LogP contribution is -2.19. The first kappa shape index (κ1) is 31.1. The van der Waals surface area contributed by atoms with Crippen LogP contribution in [-0.2, 0) is 6.61 Å². The van der Waals surface area contributed by atoms with E-state index in [-0.39, 0.29) is 17.9 Å². The van der Waals surface area contributed by atoms with Gasteiger partial charge < -0.3 is 25.0 Å². The van der Waals surface area contributed by atoms with Crippen molar-refractivity contribution in [2.45, 2.75) is 6.61 Å². The van der Waals surface area contributed by atoms with Crippen LogP contribution in [-0.4, -0.2) is 57.4 Å². The van der Waals surface area contributed by atoms with E-state index in [9.17, 15) is 13.6 Å². The second kappa shape index (κ2) is 14.0. The smallest absolute Gasteiger partial charge is 0.255 e. The molecule has 12 heteroatoms. The summed E-state index contributed by atoms with van der Waals surface area (Å²) in [5, 5.41) is 5.65. The number of amides is 1. The van der Waals surface area contributed by atoms with Crippen molar-refractivity contribution in [3.05, 3.63) is 126 Å². The van der Waals surface area contributed by atoms with Gasteiger partial charge in [0.2, 0.25) is 11.8 Å². The minimum atomic E-state index is -1.13. The second-order valence-corrected chi connectivity index (χ2v) is 10.8. The maximum Gasteiger partial charge on any atom is 0.255 e. The molecule has 3 aromatic heterocycles. The Balaban J connectivity index is 1.20. The highest BCUT2D eigenvalue weighted by atomic mass is 19.2. The Bertz CT molecular complexity index is 2030. The number of hydrogen-bond acceptors (Lipinski definition) is 8. The number of fused-ring (bicyclic) bond motifs is 1. The largest absolute Gasteiger partial charge is 0.492 e. The van der Waals surface area contributed by atoms with Crippen molar-refractivity contribution in [3.63, 3.8) is 0 Å². The van der Waals surface area contributed by atoms with Crippen molar-refractivity contribution in [3.8, 4) is 22.9 Å². The van der Waals surface area contributed by atoms with Gasteiger partial charge in [-0.25, -0.2) is 23.7 Å². The van der Waals surface area contributed by atoms with Crippen molar-refractivity contribution < 1.29 is 23.0 Å². The molecule has 0 radical (unpaired) electrons. The van der Waals surface area contributed by atoms with Crippen LogP contribution in [0.3, 0.4) is 0 Å². The lowest BCUT2D eigenvalue weighted by molar-refractivity contribution is 0.102. The Morgan fingerprint density at radius 1 is 0.915 bits per heavy atom. The molecule has 1 amide bonds. The molecule has 3 heterocycles. The lowest BCUT2D eigenvalue weighted by atomic mass is 10.1. The van der Waals surface area contributed by atoms with Gasteiger partial charge in [0.05, 0.1) is 11.4 Å². The van der Waals surface area contributed by atoms with Crippen LogP contribution < -0.4 is 20.1 Å². The second-order valence-electron chi connectivity index (χ2n) is 10.8. The molecule has 0 bridgehead atoms. The zero-order chi connectivity index (χ0) is 32.8. The molecule has 6 rings (SSSR count). The fourth-order valence-corrected chi connectivity index (χ4v) is 4.72. The summed E-state index contributed by atoms with van der Waals surface area (Å²) in [6.45, 7) is 1.46. The summed E-state index contributed by atoms with van der Waals surface area (Å²) < 4.78 is 41.8. The topological polar surface area (TPSA) is 106 Å². The predicted octanol–water partition coefficient (Wildman–Crippen LogP) is 6.58. The Labute approximate surface area is 269 Å². The fraction of sp³-hybridized carbons (Fsp3) is 0.143. The maximum absolute atomic E-state index is 14.2. The number of rotatable bonds is 12. The number of ether oxygens (including phenoxy) is 2. The van der Waals surface area contributed by atoms with Crippen LogP contribution in [0.5, 0.6) is 11.6 Å². The zero-order valence-corrected chi connectivity index (χ0v) is 25.7. The van der Waals surface area contributed by atoms with Crippen LogP contribution >= 0.6 is 0 Å². The van der Waals surface area contributed by atoms with Gasteiger partial charge in [-0.15, -0.1) is 0 Å². The van der Waals surface area contributed by atoms with Crippen LogP contribution in [0.4, 0.5) is 26.1 Å². The number of nitrogens with one attached hydrogen (secondary N) is 2. The summed E-state index contributed by atoms with van der Waals surface area (Å²) in [4.78, 5) is 28.8. The Kier molecular flexibility index (Phi) is 9.30. The Morgan fingerprint density at radius 3 is 2.64 bits per heavy atom. The molecule has 238 valence electrons. The van der Waals surface area contributed by atoms with Gasteiger partial charge in [0, 0.05) is 41.8 Å². The van der Waals surface area contributed by atoms with Gasteiger partial charge in [-0.2, -0.15) is 0 Å². The third-order valence-corrected chi connectivity index (χ3v) is 7.05. The average molecular weight is 636 g/mol. The first-order chi connectivity index (χ1) is 22.8. The molecule has 0 aliphatic rings. The number of carbonyl (C=O) groups is 1. The number of anilines is 3. The first-order valence-corrected chi connectivity index (χ1v) is 14.8. The Hall–Kier alpha value is -5.88. The number of hydrogen-bond donors (Lipinski definition) is 2. The quantitative estimate of drug-likeness (QED) is 0.155. The number of halogens is 2. The lowest BCUT2D eigenvalue weighted by Gasteiger charge is -2.12. The average Bonchev–Trinajstić information content (AvgIpc) is 3.45. The van der Waals surface area contributed by atoms with Gasteiger partial charge in [0.1, 0.15) is 30.3 Å². The third-order valence-electron chi connectivity index (χ3n) is 7.05. The van der Waals surface area contributed by atoms with E-state index in [1.807, 2.05) is 62.8 Å². The van der Waals surface area contributed by atoms with Crippen molar-refractivity contribution in [1.29, 1.82) is 0 Å². The molecular formula is C35H31F2N7O3. The molecule has 2 N–H and O–H groups in total. The van der Waals surface area contributed by atoms with Crippen LogP contribution in [0.1, 0.15) is 16.1 Å². The number of carbonyl (C=O) groups excluding carboxylic acids is 1. The van der Waals surface area contributed by atoms with E-state index in [1.165, 1.54) is 12.1 Å². The standard InChI is InChI=1S/C35H31F2N7O3/c1-43(2)18-19-46-27-11-6-10-25(21-27)39-35-38-16-15-26(40-35)22-47-34-32(42-30-14-3-4-17-44(30)34)23-8-5-9-24(20-23)33(45)41-29-13-7-12-28(36)31(29)37/h3-17,20-21H,18-19,22H2,1-2H3,(H,41,45)(H,38,39,40). The van der Waals surface area contributed by atoms with E-state index in [1.54, 1.807) is 40.9 Å². The van der Waals surface area contributed by atoms with E-state index in [4.69, 9.17) is 14.5 Å². The molecule has 0 saturated heterocycles. The molecule has 6 aromatic rings.